The number of hydrogen-bond donors (Lipinski definition) is 3. The van der Waals surface area contributed by atoms with Crippen LogP contribution in [0.5, 0.6) is 0 Å². The number of anilines is 2. The first-order chi connectivity index (χ1) is 13.0. The van der Waals surface area contributed by atoms with Gasteiger partial charge in [-0.2, -0.15) is 4.98 Å². The van der Waals surface area contributed by atoms with Gasteiger partial charge in [0.1, 0.15) is 6.20 Å². The molecule has 2 aromatic heterocycles. The molecule has 2 heterocycles. The molecular weight excluding hydrogens is 370 g/mol. The standard InChI is InChI=1S/C17H22ClN7O2/c18-13-2-1-7-20-14(13)9-22-17-23-10-15(25(26)27)16(24-17)21-8-11-3-5-12(19)6-4-11/h1-2,7,10-12H,3-6,8-9,19H2,(H2,21,22,23,24)/t11-,12-. The Morgan fingerprint density at radius 2 is 2.04 bits per heavy atom. The predicted octanol–water partition coefficient (Wildman–Crippen LogP) is 2.97. The Labute approximate surface area is 161 Å². The molecule has 2 aromatic rings. The molecule has 9 nitrogen and oxygen atoms in total. The van der Waals surface area contributed by atoms with Crippen LogP contribution in [0.3, 0.4) is 0 Å². The van der Waals surface area contributed by atoms with Crippen molar-refractivity contribution in [1.82, 2.24) is 15.0 Å². The first-order valence-electron chi connectivity index (χ1n) is 8.87. The second-order valence-electron chi connectivity index (χ2n) is 6.63. The molecule has 10 heteroatoms. The van der Waals surface area contributed by atoms with Crippen LogP contribution in [0.1, 0.15) is 31.4 Å². The van der Waals surface area contributed by atoms with Gasteiger partial charge in [-0.1, -0.05) is 11.6 Å². The fraction of sp³-hybridized carbons (Fsp3) is 0.471. The van der Waals surface area contributed by atoms with Crippen LogP contribution in [-0.2, 0) is 6.54 Å². The van der Waals surface area contributed by atoms with E-state index in [4.69, 9.17) is 17.3 Å². The van der Waals surface area contributed by atoms with Crippen molar-refractivity contribution in [2.75, 3.05) is 17.2 Å². The van der Waals surface area contributed by atoms with E-state index in [0.29, 0.717) is 29.7 Å². The summed E-state index contributed by atoms with van der Waals surface area (Å²) in [5.41, 5.74) is 6.42. The van der Waals surface area contributed by atoms with Crippen molar-refractivity contribution in [3.8, 4) is 0 Å². The van der Waals surface area contributed by atoms with E-state index in [1.165, 1.54) is 6.20 Å². The van der Waals surface area contributed by atoms with E-state index in [-0.39, 0.29) is 23.5 Å². The van der Waals surface area contributed by atoms with Crippen LogP contribution in [-0.4, -0.2) is 32.5 Å². The van der Waals surface area contributed by atoms with Crippen molar-refractivity contribution in [1.29, 1.82) is 0 Å². The molecule has 144 valence electrons. The Balaban J connectivity index is 1.67. The van der Waals surface area contributed by atoms with Crippen LogP contribution in [0.2, 0.25) is 5.02 Å². The van der Waals surface area contributed by atoms with Crippen molar-refractivity contribution in [3.63, 3.8) is 0 Å². The molecule has 4 N–H and O–H groups in total. The Bertz CT molecular complexity index is 797. The monoisotopic (exact) mass is 391 g/mol. The molecule has 0 saturated heterocycles. The summed E-state index contributed by atoms with van der Waals surface area (Å²) in [6.45, 7) is 0.938. The minimum atomic E-state index is -0.488. The Kier molecular flexibility index (Phi) is 6.36. The molecular formula is C17H22ClN7O2. The molecule has 1 saturated carbocycles. The summed E-state index contributed by atoms with van der Waals surface area (Å²) in [7, 11) is 0. The van der Waals surface area contributed by atoms with Gasteiger partial charge in [0.05, 0.1) is 22.2 Å². The highest BCUT2D eigenvalue weighted by Crippen LogP contribution is 2.26. The molecule has 27 heavy (non-hydrogen) atoms. The topological polar surface area (TPSA) is 132 Å². The number of rotatable bonds is 7. The van der Waals surface area contributed by atoms with Crippen LogP contribution in [0, 0.1) is 16.0 Å². The van der Waals surface area contributed by atoms with E-state index in [1.807, 2.05) is 0 Å². The van der Waals surface area contributed by atoms with Crippen molar-refractivity contribution >= 4 is 29.1 Å². The lowest BCUT2D eigenvalue weighted by atomic mass is 9.86. The summed E-state index contributed by atoms with van der Waals surface area (Å²) < 4.78 is 0. The molecule has 0 radical (unpaired) electrons. The normalized spacial score (nSPS) is 19.5. The van der Waals surface area contributed by atoms with E-state index in [2.05, 4.69) is 25.6 Å². The average molecular weight is 392 g/mol. The number of halogens is 1. The lowest BCUT2D eigenvalue weighted by Gasteiger charge is -2.26. The summed E-state index contributed by atoms with van der Waals surface area (Å²) in [5.74, 6) is 0.915. The summed E-state index contributed by atoms with van der Waals surface area (Å²) in [6.07, 6.45) is 6.83. The average Bonchev–Trinajstić information content (AvgIpc) is 2.67. The molecule has 1 fully saturated rings. The first kappa shape index (κ1) is 19.2. The summed E-state index contributed by atoms with van der Waals surface area (Å²) in [6, 6.07) is 3.75. The molecule has 0 amide bonds. The van der Waals surface area contributed by atoms with Crippen molar-refractivity contribution < 1.29 is 4.92 Å². The van der Waals surface area contributed by atoms with Crippen LogP contribution < -0.4 is 16.4 Å². The van der Waals surface area contributed by atoms with Gasteiger partial charge >= 0.3 is 5.69 Å². The molecule has 0 aliphatic heterocycles. The summed E-state index contributed by atoms with van der Waals surface area (Å²) in [5, 5.41) is 17.9. The summed E-state index contributed by atoms with van der Waals surface area (Å²) >= 11 is 6.08. The Morgan fingerprint density at radius 3 is 2.74 bits per heavy atom. The van der Waals surface area contributed by atoms with Crippen molar-refractivity contribution in [2.24, 2.45) is 11.7 Å². The zero-order valence-corrected chi connectivity index (χ0v) is 15.5. The van der Waals surface area contributed by atoms with E-state index in [0.717, 1.165) is 25.7 Å². The van der Waals surface area contributed by atoms with Gasteiger partial charge in [0.15, 0.2) is 0 Å². The van der Waals surface area contributed by atoms with E-state index >= 15 is 0 Å². The number of nitrogens with one attached hydrogen (secondary N) is 2. The highest BCUT2D eigenvalue weighted by molar-refractivity contribution is 6.31. The van der Waals surface area contributed by atoms with Crippen LogP contribution in [0.15, 0.2) is 24.5 Å². The minimum absolute atomic E-state index is 0.149. The minimum Gasteiger partial charge on any atom is -0.364 e. The fourth-order valence-electron chi connectivity index (χ4n) is 3.07. The predicted molar refractivity (Wildman–Crippen MR) is 104 cm³/mol. The van der Waals surface area contributed by atoms with Gasteiger partial charge in [0, 0.05) is 18.8 Å². The van der Waals surface area contributed by atoms with Gasteiger partial charge in [0.25, 0.3) is 0 Å². The van der Waals surface area contributed by atoms with Crippen LogP contribution >= 0.6 is 11.6 Å². The molecule has 0 bridgehead atoms. The summed E-state index contributed by atoms with van der Waals surface area (Å²) in [4.78, 5) is 23.3. The van der Waals surface area contributed by atoms with Gasteiger partial charge in [-0.3, -0.25) is 15.1 Å². The number of nitro groups is 1. The van der Waals surface area contributed by atoms with E-state index < -0.39 is 4.92 Å². The highest BCUT2D eigenvalue weighted by Gasteiger charge is 2.21. The van der Waals surface area contributed by atoms with Crippen molar-refractivity contribution in [3.05, 3.63) is 45.4 Å². The van der Waals surface area contributed by atoms with Gasteiger partial charge in [-0.15, -0.1) is 0 Å². The SMILES string of the molecule is N[C@H]1CC[C@H](CNc2nc(NCc3ncccc3Cl)ncc2[N+](=O)[O-])CC1. The third kappa shape index (κ3) is 5.24. The third-order valence-corrected chi connectivity index (χ3v) is 5.01. The van der Waals surface area contributed by atoms with Crippen LogP contribution in [0.25, 0.3) is 0 Å². The zero-order valence-electron chi connectivity index (χ0n) is 14.8. The van der Waals surface area contributed by atoms with Gasteiger partial charge in [0.2, 0.25) is 11.8 Å². The van der Waals surface area contributed by atoms with Gasteiger partial charge in [-0.25, -0.2) is 4.98 Å². The van der Waals surface area contributed by atoms with Gasteiger partial charge < -0.3 is 16.4 Å². The smallest absolute Gasteiger partial charge is 0.329 e. The maximum Gasteiger partial charge on any atom is 0.329 e. The molecule has 1 aliphatic rings. The lowest BCUT2D eigenvalue weighted by Crippen LogP contribution is -2.29. The number of hydrogen-bond acceptors (Lipinski definition) is 8. The number of nitrogens with two attached hydrogens (primary N) is 1. The lowest BCUT2D eigenvalue weighted by molar-refractivity contribution is -0.384. The number of pyridine rings is 1. The molecule has 3 rings (SSSR count). The second-order valence-corrected chi connectivity index (χ2v) is 7.04. The Morgan fingerprint density at radius 1 is 1.26 bits per heavy atom. The van der Waals surface area contributed by atoms with Crippen molar-refractivity contribution in [2.45, 2.75) is 38.3 Å². The van der Waals surface area contributed by atoms with E-state index in [9.17, 15) is 10.1 Å². The number of aromatic nitrogens is 3. The molecule has 0 atom stereocenters. The quantitative estimate of drug-likeness (QED) is 0.484. The van der Waals surface area contributed by atoms with Crippen LogP contribution in [0.4, 0.5) is 17.5 Å². The van der Waals surface area contributed by atoms with E-state index in [1.54, 1.807) is 18.3 Å². The largest absolute Gasteiger partial charge is 0.364 e. The zero-order chi connectivity index (χ0) is 19.2. The number of nitrogens with zero attached hydrogens (tertiary/aromatic N) is 4. The highest BCUT2D eigenvalue weighted by atomic mass is 35.5. The molecule has 0 spiro atoms. The third-order valence-electron chi connectivity index (χ3n) is 4.66. The van der Waals surface area contributed by atoms with Gasteiger partial charge in [-0.05, 0) is 43.7 Å². The molecule has 0 aromatic carbocycles. The Hall–Kier alpha value is -2.52. The maximum atomic E-state index is 11.3. The molecule has 1 aliphatic carbocycles. The second kappa shape index (κ2) is 8.92. The molecule has 0 unspecified atom stereocenters. The first-order valence-corrected chi connectivity index (χ1v) is 9.25. The fourth-order valence-corrected chi connectivity index (χ4v) is 3.26. The maximum absolute atomic E-state index is 11.3.